The smallest absolute Gasteiger partial charge is 0.329 e. The Morgan fingerprint density at radius 2 is 2.00 bits per heavy atom. The fraction of sp³-hybridized carbons (Fsp3) is 0.500. The van der Waals surface area contributed by atoms with E-state index in [0.29, 0.717) is 13.2 Å². The molecule has 112 valence electrons. The van der Waals surface area contributed by atoms with Gasteiger partial charge in [0.25, 0.3) is 0 Å². The number of carbonyl (C=O) groups excluding carboxylic acids is 2. The number of methoxy groups -OCH3 is 1. The number of amides is 1. The number of likely N-dealkylation sites (tertiary alicyclic amines) is 1. The number of nitrogens with zero attached hydrogens (tertiary/aromatic N) is 1. The summed E-state index contributed by atoms with van der Waals surface area (Å²) in [7, 11) is 1.61. The summed E-state index contributed by atoms with van der Waals surface area (Å²) in [6, 6.07) is 7.11. The van der Waals surface area contributed by atoms with Crippen LogP contribution >= 0.6 is 0 Å². The minimum atomic E-state index is -0.446. The van der Waals surface area contributed by atoms with Gasteiger partial charge in [0.2, 0.25) is 5.91 Å². The molecule has 3 rings (SSSR count). The Kier molecular flexibility index (Phi) is 3.35. The predicted octanol–water partition coefficient (Wildman–Crippen LogP) is 1.75. The first-order valence-electron chi connectivity index (χ1n) is 7.23. The minimum absolute atomic E-state index is 0.0800. The number of ether oxygens (including phenoxy) is 2. The van der Waals surface area contributed by atoms with Crippen molar-refractivity contribution in [3.05, 3.63) is 29.8 Å². The molecule has 1 aliphatic heterocycles. The van der Waals surface area contributed by atoms with Gasteiger partial charge >= 0.3 is 5.97 Å². The number of carbonyl (C=O) groups is 2. The Hall–Kier alpha value is -2.04. The molecule has 0 N–H and O–H groups in total. The van der Waals surface area contributed by atoms with Gasteiger partial charge in [-0.2, -0.15) is 0 Å². The Balaban J connectivity index is 1.74. The maximum absolute atomic E-state index is 12.3. The molecule has 0 bridgehead atoms. The molecule has 1 spiro atoms. The largest absolute Gasteiger partial charge is 0.497 e. The van der Waals surface area contributed by atoms with E-state index in [1.54, 1.807) is 18.9 Å². The third-order valence-electron chi connectivity index (χ3n) is 4.33. The highest BCUT2D eigenvalue weighted by atomic mass is 16.5. The van der Waals surface area contributed by atoms with Crippen molar-refractivity contribution in [2.75, 3.05) is 13.7 Å². The summed E-state index contributed by atoms with van der Waals surface area (Å²) in [5.41, 5.74) is 0.535. The zero-order chi connectivity index (χ0) is 15.0. The average molecular weight is 289 g/mol. The van der Waals surface area contributed by atoms with E-state index in [4.69, 9.17) is 9.47 Å². The van der Waals surface area contributed by atoms with Crippen LogP contribution in [-0.2, 0) is 20.9 Å². The van der Waals surface area contributed by atoms with Gasteiger partial charge in [0.1, 0.15) is 11.8 Å². The topological polar surface area (TPSA) is 55.8 Å². The highest BCUT2D eigenvalue weighted by molar-refractivity contribution is 6.02. The molecule has 0 aromatic heterocycles. The van der Waals surface area contributed by atoms with Crippen LogP contribution in [0, 0.1) is 5.41 Å². The zero-order valence-corrected chi connectivity index (χ0v) is 12.3. The number of esters is 1. The molecule has 1 aromatic rings. The molecular weight excluding hydrogens is 270 g/mol. The first-order chi connectivity index (χ1) is 10.1. The molecule has 1 saturated carbocycles. The molecule has 1 unspecified atom stereocenters. The highest BCUT2D eigenvalue weighted by Gasteiger charge is 2.70. The fourth-order valence-electron chi connectivity index (χ4n) is 3.04. The van der Waals surface area contributed by atoms with Gasteiger partial charge in [-0.05, 0) is 37.5 Å². The van der Waals surface area contributed by atoms with Crippen LogP contribution in [0.15, 0.2) is 24.3 Å². The van der Waals surface area contributed by atoms with E-state index in [-0.39, 0.29) is 11.9 Å². The lowest BCUT2D eigenvalue weighted by Crippen LogP contribution is -2.65. The second kappa shape index (κ2) is 5.06. The minimum Gasteiger partial charge on any atom is -0.497 e. The third kappa shape index (κ3) is 2.17. The van der Waals surface area contributed by atoms with Gasteiger partial charge in [-0.15, -0.1) is 0 Å². The highest BCUT2D eigenvalue weighted by Crippen LogP contribution is 2.59. The second-order valence-corrected chi connectivity index (χ2v) is 5.59. The third-order valence-corrected chi connectivity index (χ3v) is 4.33. The van der Waals surface area contributed by atoms with Crippen molar-refractivity contribution in [2.24, 2.45) is 5.41 Å². The number of β-lactam (4-membered cyclic amide) rings is 1. The van der Waals surface area contributed by atoms with Crippen molar-refractivity contribution in [1.82, 2.24) is 4.90 Å². The SMILES string of the molecule is CCOC(=O)C1N(Cc2ccc(OC)cc2)C(=O)C12CC2. The summed E-state index contributed by atoms with van der Waals surface area (Å²) in [5.74, 6) is 0.578. The van der Waals surface area contributed by atoms with Crippen molar-refractivity contribution in [3.63, 3.8) is 0 Å². The molecule has 21 heavy (non-hydrogen) atoms. The van der Waals surface area contributed by atoms with Gasteiger partial charge in [0, 0.05) is 6.54 Å². The number of benzene rings is 1. The first kappa shape index (κ1) is 13.9. The lowest BCUT2D eigenvalue weighted by atomic mass is 9.83. The molecule has 0 radical (unpaired) electrons. The van der Waals surface area contributed by atoms with Crippen LogP contribution in [0.4, 0.5) is 0 Å². The monoisotopic (exact) mass is 289 g/mol. The second-order valence-electron chi connectivity index (χ2n) is 5.59. The van der Waals surface area contributed by atoms with E-state index >= 15 is 0 Å². The van der Waals surface area contributed by atoms with Gasteiger partial charge < -0.3 is 14.4 Å². The van der Waals surface area contributed by atoms with Crippen LogP contribution in [0.3, 0.4) is 0 Å². The molecule has 1 heterocycles. The molecule has 5 heteroatoms. The molecule has 5 nitrogen and oxygen atoms in total. The van der Waals surface area contributed by atoms with Crippen LogP contribution in [0.2, 0.25) is 0 Å². The summed E-state index contributed by atoms with van der Waals surface area (Å²) in [5, 5.41) is 0. The molecule has 1 atom stereocenters. The van der Waals surface area contributed by atoms with Crippen LogP contribution in [0.1, 0.15) is 25.3 Å². The van der Waals surface area contributed by atoms with Crippen LogP contribution in [0.5, 0.6) is 5.75 Å². The molecule has 1 amide bonds. The summed E-state index contributed by atoms with van der Waals surface area (Å²) in [6.45, 7) is 2.57. The average Bonchev–Trinajstić information content (AvgIpc) is 3.30. The molecule has 1 aromatic carbocycles. The van der Waals surface area contributed by atoms with E-state index in [1.165, 1.54) is 0 Å². The quantitative estimate of drug-likeness (QED) is 0.612. The maximum Gasteiger partial charge on any atom is 0.329 e. The molecule has 2 fully saturated rings. The summed E-state index contributed by atoms with van der Waals surface area (Å²) in [4.78, 5) is 26.0. The van der Waals surface area contributed by atoms with Crippen molar-refractivity contribution in [2.45, 2.75) is 32.4 Å². The van der Waals surface area contributed by atoms with Crippen LogP contribution in [-0.4, -0.2) is 36.5 Å². The number of rotatable bonds is 5. The van der Waals surface area contributed by atoms with E-state index < -0.39 is 11.5 Å². The predicted molar refractivity (Wildman–Crippen MR) is 75.6 cm³/mol. The lowest BCUT2D eigenvalue weighted by molar-refractivity contribution is -0.178. The van der Waals surface area contributed by atoms with Crippen molar-refractivity contribution >= 4 is 11.9 Å². The maximum atomic E-state index is 12.3. The fourth-order valence-corrected chi connectivity index (χ4v) is 3.04. The first-order valence-corrected chi connectivity index (χ1v) is 7.23. The van der Waals surface area contributed by atoms with E-state index in [9.17, 15) is 9.59 Å². The zero-order valence-electron chi connectivity index (χ0n) is 12.3. The lowest BCUT2D eigenvalue weighted by Gasteiger charge is -2.46. The Bertz CT molecular complexity index is 562. The van der Waals surface area contributed by atoms with Crippen molar-refractivity contribution < 1.29 is 19.1 Å². The van der Waals surface area contributed by atoms with Crippen LogP contribution in [0.25, 0.3) is 0 Å². The van der Waals surface area contributed by atoms with E-state index in [1.807, 2.05) is 24.3 Å². The van der Waals surface area contributed by atoms with Gasteiger partial charge in [0.15, 0.2) is 0 Å². The number of hydrogen-bond donors (Lipinski definition) is 0. The summed E-state index contributed by atoms with van der Waals surface area (Å²) >= 11 is 0. The van der Waals surface area contributed by atoms with Crippen LogP contribution < -0.4 is 4.74 Å². The normalized spacial score (nSPS) is 21.9. The summed E-state index contributed by atoms with van der Waals surface area (Å²) in [6.07, 6.45) is 1.60. The van der Waals surface area contributed by atoms with Gasteiger partial charge in [-0.25, -0.2) is 4.79 Å². The van der Waals surface area contributed by atoms with Crippen molar-refractivity contribution in [3.8, 4) is 5.75 Å². The Morgan fingerprint density at radius 1 is 1.33 bits per heavy atom. The molecule has 2 aliphatic rings. The number of hydrogen-bond acceptors (Lipinski definition) is 4. The van der Waals surface area contributed by atoms with E-state index in [0.717, 1.165) is 24.2 Å². The van der Waals surface area contributed by atoms with Gasteiger partial charge in [0.05, 0.1) is 19.1 Å². The molecular formula is C16H19NO4. The Morgan fingerprint density at radius 3 is 2.52 bits per heavy atom. The summed E-state index contributed by atoms with van der Waals surface area (Å²) < 4.78 is 10.2. The van der Waals surface area contributed by atoms with Crippen molar-refractivity contribution in [1.29, 1.82) is 0 Å². The molecule has 1 saturated heterocycles. The Labute approximate surface area is 123 Å². The van der Waals surface area contributed by atoms with E-state index in [2.05, 4.69) is 0 Å². The van der Waals surface area contributed by atoms with Gasteiger partial charge in [-0.3, -0.25) is 4.79 Å². The standard InChI is InChI=1S/C16H19NO4/c1-3-21-14(18)13-16(8-9-16)15(19)17(13)10-11-4-6-12(20-2)7-5-11/h4-7,13H,3,8-10H2,1-2H3. The molecule has 1 aliphatic carbocycles. The van der Waals surface area contributed by atoms with Gasteiger partial charge in [-0.1, -0.05) is 12.1 Å².